The van der Waals surface area contributed by atoms with E-state index in [0.717, 1.165) is 10.0 Å². The molecule has 104 valence electrons. The fourth-order valence-corrected chi connectivity index (χ4v) is 2.55. The molecule has 0 atom stereocenters. The first-order chi connectivity index (χ1) is 9.38. The number of hydrogen-bond donors (Lipinski definition) is 2. The Morgan fingerprint density at radius 3 is 2.55 bits per heavy atom. The molecule has 0 saturated carbocycles. The molecule has 2 aromatic rings. The van der Waals surface area contributed by atoms with Gasteiger partial charge >= 0.3 is 0 Å². The number of nitrogen functional groups attached to an aromatic ring is 1. The van der Waals surface area contributed by atoms with Gasteiger partial charge in [0.15, 0.2) is 0 Å². The SMILES string of the molecule is Cc1ccc(F)cc1C(=O)Nc1c(C)cc(Br)cc1N. The molecule has 3 N–H and O–H groups in total. The summed E-state index contributed by atoms with van der Waals surface area (Å²) in [6.45, 7) is 3.60. The molecule has 2 rings (SSSR count). The first kappa shape index (κ1) is 14.5. The van der Waals surface area contributed by atoms with Crippen molar-refractivity contribution in [2.24, 2.45) is 0 Å². The summed E-state index contributed by atoms with van der Waals surface area (Å²) in [6.07, 6.45) is 0. The summed E-state index contributed by atoms with van der Waals surface area (Å²) >= 11 is 3.34. The van der Waals surface area contributed by atoms with Gasteiger partial charge in [0.2, 0.25) is 0 Å². The zero-order chi connectivity index (χ0) is 14.9. The van der Waals surface area contributed by atoms with E-state index in [1.807, 2.05) is 13.0 Å². The Morgan fingerprint density at radius 1 is 1.20 bits per heavy atom. The summed E-state index contributed by atoms with van der Waals surface area (Å²) < 4.78 is 14.1. The molecule has 0 fully saturated rings. The van der Waals surface area contributed by atoms with Crippen LogP contribution in [0.5, 0.6) is 0 Å². The van der Waals surface area contributed by atoms with Crippen molar-refractivity contribution in [2.75, 3.05) is 11.1 Å². The molecule has 0 aromatic heterocycles. The average molecular weight is 337 g/mol. The van der Waals surface area contributed by atoms with Crippen LogP contribution in [0.2, 0.25) is 0 Å². The minimum Gasteiger partial charge on any atom is -0.397 e. The third-order valence-electron chi connectivity index (χ3n) is 3.01. The molecular formula is C15H14BrFN2O. The number of amides is 1. The Bertz CT molecular complexity index is 663. The maximum atomic E-state index is 13.2. The lowest BCUT2D eigenvalue weighted by Crippen LogP contribution is -2.15. The molecule has 0 aliphatic rings. The molecule has 5 heteroatoms. The van der Waals surface area contributed by atoms with Gasteiger partial charge in [0.1, 0.15) is 5.82 Å². The van der Waals surface area contributed by atoms with Gasteiger partial charge in [-0.3, -0.25) is 4.79 Å². The van der Waals surface area contributed by atoms with Crippen LogP contribution in [0.1, 0.15) is 21.5 Å². The summed E-state index contributed by atoms with van der Waals surface area (Å²) in [5, 5.41) is 2.74. The number of carbonyl (C=O) groups is 1. The largest absolute Gasteiger partial charge is 0.397 e. The first-order valence-corrected chi connectivity index (χ1v) is 6.81. The van der Waals surface area contributed by atoms with E-state index in [4.69, 9.17) is 5.73 Å². The average Bonchev–Trinajstić information content (AvgIpc) is 2.36. The minimum absolute atomic E-state index is 0.298. The number of hydrogen-bond acceptors (Lipinski definition) is 2. The molecule has 0 bridgehead atoms. The van der Waals surface area contributed by atoms with Crippen LogP contribution >= 0.6 is 15.9 Å². The summed E-state index contributed by atoms with van der Waals surface area (Å²) in [7, 11) is 0. The van der Waals surface area contributed by atoms with Gasteiger partial charge in [0, 0.05) is 10.0 Å². The summed E-state index contributed by atoms with van der Waals surface area (Å²) in [4.78, 5) is 12.2. The number of benzene rings is 2. The van der Waals surface area contributed by atoms with Crippen molar-refractivity contribution in [3.8, 4) is 0 Å². The van der Waals surface area contributed by atoms with Crippen LogP contribution in [-0.2, 0) is 0 Å². The van der Waals surface area contributed by atoms with E-state index in [1.54, 1.807) is 19.1 Å². The van der Waals surface area contributed by atoms with Crippen LogP contribution in [0.25, 0.3) is 0 Å². The third-order valence-corrected chi connectivity index (χ3v) is 3.47. The maximum absolute atomic E-state index is 13.2. The zero-order valence-corrected chi connectivity index (χ0v) is 12.7. The summed E-state index contributed by atoms with van der Waals surface area (Å²) in [6, 6.07) is 7.67. The molecule has 0 radical (unpaired) electrons. The number of aryl methyl sites for hydroxylation is 2. The molecule has 0 heterocycles. The number of nitrogens with one attached hydrogen (secondary N) is 1. The van der Waals surface area contributed by atoms with Gasteiger partial charge in [-0.1, -0.05) is 22.0 Å². The number of anilines is 2. The van der Waals surface area contributed by atoms with E-state index >= 15 is 0 Å². The van der Waals surface area contributed by atoms with Crippen molar-refractivity contribution in [2.45, 2.75) is 13.8 Å². The van der Waals surface area contributed by atoms with Gasteiger partial charge in [0.05, 0.1) is 11.4 Å². The van der Waals surface area contributed by atoms with Crippen molar-refractivity contribution in [3.63, 3.8) is 0 Å². The quantitative estimate of drug-likeness (QED) is 0.813. The highest BCUT2D eigenvalue weighted by atomic mass is 79.9. The Labute approximate surface area is 125 Å². The summed E-state index contributed by atoms with van der Waals surface area (Å²) in [5.41, 5.74) is 8.74. The normalized spacial score (nSPS) is 10.4. The lowest BCUT2D eigenvalue weighted by molar-refractivity contribution is 0.102. The van der Waals surface area contributed by atoms with E-state index in [1.165, 1.54) is 12.1 Å². The van der Waals surface area contributed by atoms with Crippen molar-refractivity contribution in [1.29, 1.82) is 0 Å². The predicted octanol–water partition coefficient (Wildman–Crippen LogP) is 4.04. The molecule has 1 amide bonds. The van der Waals surface area contributed by atoms with Gasteiger partial charge in [-0.2, -0.15) is 0 Å². The molecule has 0 aliphatic carbocycles. The standard InChI is InChI=1S/C15H14BrFN2O/c1-8-3-4-11(17)7-12(8)15(20)19-14-9(2)5-10(16)6-13(14)18/h3-7H,18H2,1-2H3,(H,19,20). The topological polar surface area (TPSA) is 55.1 Å². The lowest BCUT2D eigenvalue weighted by atomic mass is 10.1. The highest BCUT2D eigenvalue weighted by molar-refractivity contribution is 9.10. The van der Waals surface area contributed by atoms with Crippen LogP contribution in [0.3, 0.4) is 0 Å². The van der Waals surface area contributed by atoms with Crippen LogP contribution in [0, 0.1) is 19.7 Å². The Balaban J connectivity index is 2.35. The first-order valence-electron chi connectivity index (χ1n) is 6.01. The van der Waals surface area contributed by atoms with Crippen LogP contribution in [0.4, 0.5) is 15.8 Å². The Kier molecular flexibility index (Phi) is 4.09. The van der Waals surface area contributed by atoms with Crippen molar-refractivity contribution in [1.82, 2.24) is 0 Å². The molecule has 20 heavy (non-hydrogen) atoms. The van der Waals surface area contributed by atoms with Crippen molar-refractivity contribution in [3.05, 3.63) is 57.3 Å². The van der Waals surface area contributed by atoms with E-state index in [0.29, 0.717) is 22.5 Å². The molecule has 3 nitrogen and oxygen atoms in total. The van der Waals surface area contributed by atoms with Gasteiger partial charge in [-0.05, 0) is 49.2 Å². The molecule has 0 aliphatic heterocycles. The van der Waals surface area contributed by atoms with Crippen LogP contribution < -0.4 is 11.1 Å². The summed E-state index contributed by atoms with van der Waals surface area (Å²) in [5.74, 6) is -0.819. The van der Waals surface area contributed by atoms with E-state index in [-0.39, 0.29) is 5.91 Å². The fraction of sp³-hybridized carbons (Fsp3) is 0.133. The van der Waals surface area contributed by atoms with Crippen LogP contribution in [0.15, 0.2) is 34.8 Å². The molecule has 0 saturated heterocycles. The monoisotopic (exact) mass is 336 g/mol. The van der Waals surface area contributed by atoms with Gasteiger partial charge < -0.3 is 11.1 Å². The minimum atomic E-state index is -0.443. The molecular weight excluding hydrogens is 323 g/mol. The van der Waals surface area contributed by atoms with Crippen molar-refractivity contribution < 1.29 is 9.18 Å². The number of rotatable bonds is 2. The van der Waals surface area contributed by atoms with Gasteiger partial charge in [-0.15, -0.1) is 0 Å². The van der Waals surface area contributed by atoms with Gasteiger partial charge in [0.25, 0.3) is 5.91 Å². The second-order valence-corrected chi connectivity index (χ2v) is 5.52. The highest BCUT2D eigenvalue weighted by Crippen LogP contribution is 2.28. The van der Waals surface area contributed by atoms with E-state index in [2.05, 4.69) is 21.2 Å². The number of carbonyl (C=O) groups excluding carboxylic acids is 1. The van der Waals surface area contributed by atoms with E-state index < -0.39 is 5.82 Å². The van der Waals surface area contributed by atoms with E-state index in [9.17, 15) is 9.18 Å². The number of halogens is 2. The van der Waals surface area contributed by atoms with Gasteiger partial charge in [-0.25, -0.2) is 4.39 Å². The Hall–Kier alpha value is -1.88. The Morgan fingerprint density at radius 2 is 1.90 bits per heavy atom. The van der Waals surface area contributed by atoms with Crippen LogP contribution in [-0.4, -0.2) is 5.91 Å². The smallest absolute Gasteiger partial charge is 0.256 e. The molecule has 0 spiro atoms. The fourth-order valence-electron chi connectivity index (χ4n) is 1.96. The molecule has 0 unspecified atom stereocenters. The second-order valence-electron chi connectivity index (χ2n) is 4.60. The number of nitrogens with two attached hydrogens (primary N) is 1. The highest BCUT2D eigenvalue weighted by Gasteiger charge is 2.13. The zero-order valence-electron chi connectivity index (χ0n) is 11.1. The van der Waals surface area contributed by atoms with Crippen molar-refractivity contribution >= 4 is 33.2 Å². The second kappa shape index (κ2) is 5.63. The lowest BCUT2D eigenvalue weighted by Gasteiger charge is -2.13. The predicted molar refractivity (Wildman–Crippen MR) is 82.4 cm³/mol. The molecule has 2 aromatic carbocycles. The third kappa shape index (κ3) is 2.99. The maximum Gasteiger partial charge on any atom is 0.256 e.